The van der Waals surface area contributed by atoms with Crippen molar-refractivity contribution in [2.75, 3.05) is 0 Å². The Hall–Kier alpha value is -2.37. The summed E-state index contributed by atoms with van der Waals surface area (Å²) in [7, 11) is 0. The van der Waals surface area contributed by atoms with Crippen LogP contribution in [0.15, 0.2) is 53.1 Å². The van der Waals surface area contributed by atoms with Crippen molar-refractivity contribution in [2.45, 2.75) is 31.4 Å². The second kappa shape index (κ2) is 6.50. The topological polar surface area (TPSA) is 74.2 Å². The van der Waals surface area contributed by atoms with E-state index in [0.29, 0.717) is 23.3 Å². The monoisotopic (exact) mass is 355 g/mol. The van der Waals surface area contributed by atoms with Gasteiger partial charge in [0.25, 0.3) is 5.89 Å². The molecule has 0 radical (unpaired) electrons. The van der Waals surface area contributed by atoms with E-state index >= 15 is 0 Å². The highest BCUT2D eigenvalue weighted by Crippen LogP contribution is 2.37. The van der Waals surface area contributed by atoms with Crippen molar-refractivity contribution >= 4 is 11.6 Å². The fraction of sp³-hybridized carbons (Fsp3) is 0.263. The molecule has 0 unspecified atom stereocenters. The van der Waals surface area contributed by atoms with Crippen LogP contribution in [0.2, 0.25) is 5.02 Å². The average molecular weight is 356 g/mol. The Bertz CT molecular complexity index is 890. The first-order chi connectivity index (χ1) is 12.1. The van der Waals surface area contributed by atoms with Crippen LogP contribution >= 0.6 is 11.6 Å². The number of halogens is 1. The molecule has 1 saturated carbocycles. The number of aromatic nitrogens is 2. The van der Waals surface area contributed by atoms with Gasteiger partial charge in [0.15, 0.2) is 5.82 Å². The molecule has 25 heavy (non-hydrogen) atoms. The van der Waals surface area contributed by atoms with Crippen LogP contribution < -0.4 is 10.5 Å². The molecule has 4 rings (SSSR count). The van der Waals surface area contributed by atoms with Crippen LogP contribution in [0.4, 0.5) is 0 Å². The maximum absolute atomic E-state index is 6.25. The predicted octanol–water partition coefficient (Wildman–Crippen LogP) is 4.31. The third-order valence-electron chi connectivity index (χ3n) is 4.49. The molecule has 0 bridgehead atoms. The number of ether oxygens (including phenoxy) is 1. The van der Waals surface area contributed by atoms with Crippen molar-refractivity contribution in [1.29, 1.82) is 0 Å². The summed E-state index contributed by atoms with van der Waals surface area (Å²) in [6, 6.07) is 15.2. The summed E-state index contributed by atoms with van der Waals surface area (Å²) in [5.74, 6) is 1.77. The summed E-state index contributed by atoms with van der Waals surface area (Å²) in [6.45, 7) is 0.436. The number of hydrogen-bond acceptors (Lipinski definition) is 5. The van der Waals surface area contributed by atoms with Gasteiger partial charge in [0.05, 0.1) is 5.54 Å². The van der Waals surface area contributed by atoms with E-state index < -0.39 is 5.54 Å². The SMILES string of the molecule is NC1(c2noc(-c3cccc(OCc4cccc(Cl)c4)c3)n2)CCC1. The molecule has 0 spiro atoms. The van der Waals surface area contributed by atoms with Gasteiger partial charge in [-0.05, 0) is 55.2 Å². The van der Waals surface area contributed by atoms with Crippen molar-refractivity contribution in [3.05, 3.63) is 64.9 Å². The molecule has 6 heteroatoms. The number of nitrogens with two attached hydrogens (primary N) is 1. The molecule has 0 amide bonds. The molecular formula is C19H18ClN3O2. The Balaban J connectivity index is 1.49. The van der Waals surface area contributed by atoms with Gasteiger partial charge in [0.2, 0.25) is 0 Å². The van der Waals surface area contributed by atoms with Crippen LogP contribution in [0.3, 0.4) is 0 Å². The van der Waals surface area contributed by atoms with E-state index in [9.17, 15) is 0 Å². The van der Waals surface area contributed by atoms with Gasteiger partial charge in [-0.15, -0.1) is 0 Å². The van der Waals surface area contributed by atoms with E-state index in [1.807, 2.05) is 48.5 Å². The summed E-state index contributed by atoms with van der Waals surface area (Å²) in [5, 5.41) is 4.75. The molecule has 1 aromatic heterocycles. The van der Waals surface area contributed by atoms with Crippen LogP contribution in [-0.4, -0.2) is 10.1 Å². The zero-order valence-electron chi connectivity index (χ0n) is 13.6. The largest absolute Gasteiger partial charge is 0.489 e. The molecule has 5 nitrogen and oxygen atoms in total. The zero-order valence-corrected chi connectivity index (χ0v) is 14.4. The first kappa shape index (κ1) is 16.1. The standard InChI is InChI=1S/C19H18ClN3O2/c20-15-6-1-4-13(10-15)12-24-16-7-2-5-14(11-16)17-22-18(23-25-17)19(21)8-3-9-19/h1-2,4-7,10-11H,3,8-9,12,21H2. The second-order valence-electron chi connectivity index (χ2n) is 6.38. The van der Waals surface area contributed by atoms with E-state index in [-0.39, 0.29) is 0 Å². The highest BCUT2D eigenvalue weighted by Gasteiger charge is 2.39. The van der Waals surface area contributed by atoms with Gasteiger partial charge in [-0.3, -0.25) is 0 Å². The van der Waals surface area contributed by atoms with Gasteiger partial charge >= 0.3 is 0 Å². The molecule has 0 aliphatic heterocycles. The van der Waals surface area contributed by atoms with Crippen molar-refractivity contribution in [1.82, 2.24) is 10.1 Å². The fourth-order valence-corrected chi connectivity index (χ4v) is 3.05. The smallest absolute Gasteiger partial charge is 0.258 e. The lowest BCUT2D eigenvalue weighted by Gasteiger charge is -2.34. The molecule has 1 fully saturated rings. The van der Waals surface area contributed by atoms with E-state index in [1.54, 1.807) is 0 Å². The van der Waals surface area contributed by atoms with Crippen LogP contribution in [-0.2, 0) is 12.1 Å². The minimum atomic E-state index is -0.428. The van der Waals surface area contributed by atoms with Crippen molar-refractivity contribution < 1.29 is 9.26 Å². The molecule has 1 aliphatic carbocycles. The summed E-state index contributed by atoms with van der Waals surface area (Å²) in [6.07, 6.45) is 2.90. The van der Waals surface area contributed by atoms with E-state index in [1.165, 1.54) is 0 Å². The zero-order chi connectivity index (χ0) is 17.3. The molecule has 3 aromatic rings. The van der Waals surface area contributed by atoms with Gasteiger partial charge in [-0.2, -0.15) is 4.98 Å². The minimum absolute atomic E-state index is 0.428. The lowest BCUT2D eigenvalue weighted by atomic mass is 9.77. The van der Waals surface area contributed by atoms with Crippen molar-refractivity contribution in [3.8, 4) is 17.2 Å². The third-order valence-corrected chi connectivity index (χ3v) is 4.73. The normalized spacial score (nSPS) is 15.6. The van der Waals surface area contributed by atoms with Crippen LogP contribution in [0.5, 0.6) is 5.75 Å². The van der Waals surface area contributed by atoms with Gasteiger partial charge < -0.3 is 15.0 Å². The Morgan fingerprint density at radius 1 is 1.16 bits per heavy atom. The highest BCUT2D eigenvalue weighted by atomic mass is 35.5. The van der Waals surface area contributed by atoms with E-state index in [4.69, 9.17) is 26.6 Å². The number of benzene rings is 2. The van der Waals surface area contributed by atoms with Crippen LogP contribution in [0.1, 0.15) is 30.7 Å². The number of rotatable bonds is 5. The first-order valence-electron chi connectivity index (χ1n) is 8.23. The van der Waals surface area contributed by atoms with Gasteiger partial charge in [0.1, 0.15) is 12.4 Å². The highest BCUT2D eigenvalue weighted by molar-refractivity contribution is 6.30. The Morgan fingerprint density at radius 2 is 2.00 bits per heavy atom. The number of nitrogens with zero attached hydrogens (tertiary/aromatic N) is 2. The molecule has 1 heterocycles. The summed E-state index contributed by atoms with van der Waals surface area (Å²) < 4.78 is 11.2. The summed E-state index contributed by atoms with van der Waals surface area (Å²) >= 11 is 5.99. The molecule has 128 valence electrons. The van der Waals surface area contributed by atoms with Gasteiger partial charge in [0, 0.05) is 10.6 Å². The Labute approximate surface area is 150 Å². The van der Waals surface area contributed by atoms with Crippen LogP contribution in [0.25, 0.3) is 11.5 Å². The molecule has 1 aliphatic rings. The van der Waals surface area contributed by atoms with Crippen LogP contribution in [0, 0.1) is 0 Å². The Kier molecular flexibility index (Phi) is 4.19. The lowest BCUT2D eigenvalue weighted by molar-refractivity contribution is 0.229. The lowest BCUT2D eigenvalue weighted by Crippen LogP contribution is -2.44. The minimum Gasteiger partial charge on any atom is -0.489 e. The quantitative estimate of drug-likeness (QED) is 0.738. The molecule has 0 saturated heterocycles. The predicted molar refractivity (Wildman–Crippen MR) is 95.2 cm³/mol. The number of hydrogen-bond donors (Lipinski definition) is 1. The average Bonchev–Trinajstić information content (AvgIpc) is 3.09. The second-order valence-corrected chi connectivity index (χ2v) is 6.82. The van der Waals surface area contributed by atoms with E-state index in [2.05, 4.69) is 10.1 Å². The van der Waals surface area contributed by atoms with Gasteiger partial charge in [-0.25, -0.2) is 0 Å². The molecular weight excluding hydrogens is 338 g/mol. The van der Waals surface area contributed by atoms with Gasteiger partial charge in [-0.1, -0.05) is 35.0 Å². The molecule has 0 atom stereocenters. The molecule has 2 N–H and O–H groups in total. The maximum atomic E-state index is 6.25. The Morgan fingerprint density at radius 3 is 2.76 bits per heavy atom. The van der Waals surface area contributed by atoms with Crippen molar-refractivity contribution in [3.63, 3.8) is 0 Å². The first-order valence-corrected chi connectivity index (χ1v) is 8.61. The maximum Gasteiger partial charge on any atom is 0.258 e. The van der Waals surface area contributed by atoms with Crippen molar-refractivity contribution in [2.24, 2.45) is 5.73 Å². The summed E-state index contributed by atoms with van der Waals surface area (Å²) in [5.41, 5.74) is 7.64. The summed E-state index contributed by atoms with van der Waals surface area (Å²) in [4.78, 5) is 4.47. The fourth-order valence-electron chi connectivity index (χ4n) is 2.84. The van der Waals surface area contributed by atoms with E-state index in [0.717, 1.165) is 36.1 Å². The molecule has 2 aromatic carbocycles. The third kappa shape index (κ3) is 3.38.